The smallest absolute Gasteiger partial charge is 0.123 e. The summed E-state index contributed by atoms with van der Waals surface area (Å²) in [6, 6.07) is 8.14. The first-order valence-corrected chi connectivity index (χ1v) is 5.71. The monoisotopic (exact) mass is 228 g/mol. The molecule has 0 amide bonds. The van der Waals surface area contributed by atoms with Crippen molar-refractivity contribution in [3.63, 3.8) is 0 Å². The Bertz CT molecular complexity index is 501. The largest absolute Gasteiger partial charge is 0.288 e. The summed E-state index contributed by atoms with van der Waals surface area (Å²) in [6.45, 7) is 0. The second-order valence-corrected chi connectivity index (χ2v) is 4.01. The van der Waals surface area contributed by atoms with Gasteiger partial charge in [0.2, 0.25) is 0 Å². The molecule has 0 fully saturated rings. The first kappa shape index (κ1) is 9.23. The molecular weight excluding hydrogens is 220 g/mol. The molecule has 4 nitrogen and oxygen atoms in total. The minimum atomic E-state index is 1.01. The van der Waals surface area contributed by atoms with Crippen molar-refractivity contribution >= 4 is 11.3 Å². The fourth-order valence-electron chi connectivity index (χ4n) is 1.49. The van der Waals surface area contributed by atoms with Gasteiger partial charge in [0.25, 0.3) is 0 Å². The van der Waals surface area contributed by atoms with E-state index in [1.807, 2.05) is 39.7 Å². The summed E-state index contributed by atoms with van der Waals surface area (Å²) >= 11 is 1.60. The number of benzene rings is 1. The van der Waals surface area contributed by atoms with Crippen LogP contribution in [0.25, 0.3) is 16.9 Å². The van der Waals surface area contributed by atoms with Crippen LogP contribution in [0.1, 0.15) is 0 Å². The van der Waals surface area contributed by atoms with Crippen molar-refractivity contribution < 1.29 is 0 Å². The third-order valence-corrected chi connectivity index (χ3v) is 2.90. The molecule has 3 aromatic rings. The first-order chi connectivity index (χ1) is 7.93. The van der Waals surface area contributed by atoms with E-state index in [9.17, 15) is 0 Å². The zero-order chi connectivity index (χ0) is 10.8. The van der Waals surface area contributed by atoms with E-state index in [-0.39, 0.29) is 0 Å². The minimum Gasteiger partial charge on any atom is -0.288 e. The molecule has 0 radical (unpaired) electrons. The molecule has 2 aromatic heterocycles. The van der Waals surface area contributed by atoms with Crippen molar-refractivity contribution in [2.24, 2.45) is 0 Å². The molecule has 0 aliphatic carbocycles. The zero-order valence-electron chi connectivity index (χ0n) is 8.32. The molecule has 1 aromatic carbocycles. The van der Waals surface area contributed by atoms with Crippen LogP contribution in [0, 0.1) is 0 Å². The summed E-state index contributed by atoms with van der Waals surface area (Å²) < 4.78 is 1.87. The summed E-state index contributed by atoms with van der Waals surface area (Å²) in [7, 11) is 0. The molecule has 0 unspecified atom stereocenters. The zero-order valence-corrected chi connectivity index (χ0v) is 9.13. The highest BCUT2D eigenvalue weighted by molar-refractivity contribution is 7.07. The second-order valence-electron chi connectivity index (χ2n) is 3.29. The van der Waals surface area contributed by atoms with E-state index in [2.05, 4.69) is 15.2 Å². The minimum absolute atomic E-state index is 1.01. The quantitative estimate of drug-likeness (QED) is 0.676. The maximum atomic E-state index is 4.27. The summed E-state index contributed by atoms with van der Waals surface area (Å²) in [5.74, 6) is 0. The highest BCUT2D eigenvalue weighted by Gasteiger charge is 2.00. The lowest BCUT2D eigenvalue weighted by Crippen LogP contribution is -1.89. The lowest BCUT2D eigenvalue weighted by atomic mass is 10.1. The average Bonchev–Trinajstić information content (AvgIpc) is 3.03. The lowest BCUT2D eigenvalue weighted by Gasteiger charge is -2.01. The summed E-state index contributed by atoms with van der Waals surface area (Å²) in [5, 5.41) is 9.58. The first-order valence-electron chi connectivity index (χ1n) is 4.77. The van der Waals surface area contributed by atoms with Crippen LogP contribution in [-0.2, 0) is 0 Å². The standard InChI is InChI=1S/C11H8N4S/c1-3-10(15-6-13-14-7-15)4-2-9(1)11-5-16-8-12-11/h1-8H. The van der Waals surface area contributed by atoms with Gasteiger partial charge < -0.3 is 0 Å². The molecule has 0 spiro atoms. The van der Waals surface area contributed by atoms with Crippen molar-refractivity contribution in [1.82, 2.24) is 19.7 Å². The molecule has 16 heavy (non-hydrogen) atoms. The molecule has 0 saturated heterocycles. The van der Waals surface area contributed by atoms with Gasteiger partial charge in [-0.15, -0.1) is 21.5 Å². The number of thiazole rings is 1. The molecule has 3 rings (SSSR count). The van der Waals surface area contributed by atoms with E-state index in [0.717, 1.165) is 16.9 Å². The Morgan fingerprint density at radius 2 is 1.75 bits per heavy atom. The van der Waals surface area contributed by atoms with Crippen molar-refractivity contribution in [2.45, 2.75) is 0 Å². The Labute approximate surface area is 96.2 Å². The second kappa shape index (κ2) is 3.86. The number of nitrogens with zero attached hydrogens (tertiary/aromatic N) is 4. The van der Waals surface area contributed by atoms with Gasteiger partial charge in [-0.25, -0.2) is 4.98 Å². The van der Waals surface area contributed by atoms with Gasteiger partial charge in [0.1, 0.15) is 12.7 Å². The third-order valence-electron chi connectivity index (χ3n) is 2.31. The van der Waals surface area contributed by atoms with E-state index in [1.165, 1.54) is 0 Å². The topological polar surface area (TPSA) is 43.6 Å². The van der Waals surface area contributed by atoms with E-state index >= 15 is 0 Å². The van der Waals surface area contributed by atoms with Crippen LogP contribution >= 0.6 is 11.3 Å². The molecule has 0 atom stereocenters. The predicted octanol–water partition coefficient (Wildman–Crippen LogP) is 2.39. The Kier molecular flexibility index (Phi) is 2.23. The van der Waals surface area contributed by atoms with Crippen LogP contribution in [0.5, 0.6) is 0 Å². The Morgan fingerprint density at radius 3 is 2.38 bits per heavy atom. The third kappa shape index (κ3) is 1.61. The molecule has 0 saturated carbocycles. The van der Waals surface area contributed by atoms with Crippen LogP contribution in [-0.4, -0.2) is 19.7 Å². The Hall–Kier alpha value is -2.01. The lowest BCUT2D eigenvalue weighted by molar-refractivity contribution is 1.06. The van der Waals surface area contributed by atoms with Crippen molar-refractivity contribution in [2.75, 3.05) is 0 Å². The van der Waals surface area contributed by atoms with Crippen molar-refractivity contribution in [3.8, 4) is 16.9 Å². The fourth-order valence-corrected chi connectivity index (χ4v) is 2.05. The van der Waals surface area contributed by atoms with Crippen LogP contribution in [0.15, 0.2) is 47.8 Å². The van der Waals surface area contributed by atoms with Crippen LogP contribution in [0.4, 0.5) is 0 Å². The molecule has 0 aliphatic heterocycles. The van der Waals surface area contributed by atoms with Gasteiger partial charge in [-0.05, 0) is 12.1 Å². The van der Waals surface area contributed by atoms with E-state index in [4.69, 9.17) is 0 Å². The maximum absolute atomic E-state index is 4.27. The molecular formula is C11H8N4S. The molecule has 2 heterocycles. The summed E-state index contributed by atoms with van der Waals surface area (Å²) in [5.41, 5.74) is 5.02. The maximum Gasteiger partial charge on any atom is 0.123 e. The number of rotatable bonds is 2. The van der Waals surface area contributed by atoms with Gasteiger partial charge in [0, 0.05) is 16.6 Å². The van der Waals surface area contributed by atoms with Gasteiger partial charge in [-0.2, -0.15) is 0 Å². The molecule has 0 aliphatic rings. The van der Waals surface area contributed by atoms with Gasteiger partial charge in [0.05, 0.1) is 11.2 Å². The van der Waals surface area contributed by atoms with Gasteiger partial charge in [-0.1, -0.05) is 12.1 Å². The number of hydrogen-bond donors (Lipinski definition) is 0. The van der Waals surface area contributed by atoms with E-state index in [0.29, 0.717) is 0 Å². The average molecular weight is 228 g/mol. The normalized spacial score (nSPS) is 10.5. The van der Waals surface area contributed by atoms with Gasteiger partial charge in [-0.3, -0.25) is 4.57 Å². The SMILES string of the molecule is c1nc(-c2ccc(-n3cnnc3)cc2)cs1. The number of hydrogen-bond acceptors (Lipinski definition) is 4. The summed E-state index contributed by atoms with van der Waals surface area (Å²) in [4.78, 5) is 4.27. The Balaban J connectivity index is 1.97. The van der Waals surface area contributed by atoms with Crippen LogP contribution in [0.3, 0.4) is 0 Å². The van der Waals surface area contributed by atoms with Crippen molar-refractivity contribution in [1.29, 1.82) is 0 Å². The Morgan fingerprint density at radius 1 is 1.00 bits per heavy atom. The van der Waals surface area contributed by atoms with Crippen molar-refractivity contribution in [3.05, 3.63) is 47.8 Å². The highest BCUT2D eigenvalue weighted by atomic mass is 32.1. The van der Waals surface area contributed by atoms with Crippen LogP contribution in [0.2, 0.25) is 0 Å². The van der Waals surface area contributed by atoms with E-state index < -0.39 is 0 Å². The van der Waals surface area contributed by atoms with E-state index in [1.54, 1.807) is 24.0 Å². The van der Waals surface area contributed by atoms with Crippen LogP contribution < -0.4 is 0 Å². The molecule has 78 valence electrons. The summed E-state index contributed by atoms with van der Waals surface area (Å²) in [6.07, 6.45) is 3.36. The molecule has 5 heteroatoms. The predicted molar refractivity (Wildman–Crippen MR) is 62.5 cm³/mol. The van der Waals surface area contributed by atoms with Gasteiger partial charge >= 0.3 is 0 Å². The fraction of sp³-hybridized carbons (Fsp3) is 0. The highest BCUT2D eigenvalue weighted by Crippen LogP contribution is 2.20. The molecule has 0 bridgehead atoms. The number of aromatic nitrogens is 4. The van der Waals surface area contributed by atoms with Gasteiger partial charge in [0.15, 0.2) is 0 Å². The molecule has 0 N–H and O–H groups in total.